The van der Waals surface area contributed by atoms with Crippen LogP contribution in [0.15, 0.2) is 77.0 Å². The normalized spacial score (nSPS) is 12.1. The van der Waals surface area contributed by atoms with Gasteiger partial charge in [0, 0.05) is 21.9 Å². The summed E-state index contributed by atoms with van der Waals surface area (Å²) in [4.78, 5) is 0. The van der Waals surface area contributed by atoms with Gasteiger partial charge in [-0.1, -0.05) is 36.4 Å². The summed E-state index contributed by atoms with van der Waals surface area (Å²) in [7, 11) is -2.14. The maximum Gasteiger partial charge on any atom is 0.598 e. The Morgan fingerprint density at radius 1 is 0.778 bits per heavy atom. The summed E-state index contributed by atoms with van der Waals surface area (Å²) in [5, 5.41) is 24.4. The Morgan fingerprint density at radius 2 is 1.56 bits per heavy atom. The van der Waals surface area contributed by atoms with Crippen molar-refractivity contribution in [2.75, 3.05) is 0 Å². The number of hydrogen-bond donors (Lipinski definition) is 2. The third kappa shape index (κ3) is 2.38. The summed E-state index contributed by atoms with van der Waals surface area (Å²) in [5.74, 6) is 0.161. The largest absolute Gasteiger partial charge is 0.598 e. The summed E-state index contributed by atoms with van der Waals surface area (Å²) >= 11 is 0. The lowest BCUT2D eigenvalue weighted by Gasteiger charge is -2.10. The first-order chi connectivity index (χ1) is 13.1. The molecule has 5 rings (SSSR count). The van der Waals surface area contributed by atoms with E-state index in [4.69, 9.17) is 4.20 Å². The van der Waals surface area contributed by atoms with Crippen molar-refractivity contribution in [1.29, 1.82) is 0 Å². The molecule has 1 aromatic heterocycles. The van der Waals surface area contributed by atoms with Crippen LogP contribution in [-0.4, -0.2) is 10.2 Å². The molecule has 0 saturated heterocycles. The van der Waals surface area contributed by atoms with Gasteiger partial charge in [-0.3, -0.25) is 0 Å². The van der Waals surface area contributed by atoms with E-state index >= 15 is 0 Å². The van der Waals surface area contributed by atoms with Gasteiger partial charge in [0.15, 0.2) is 5.58 Å². The van der Waals surface area contributed by atoms with Crippen LogP contribution in [0.4, 0.5) is 0 Å². The highest BCUT2D eigenvalue weighted by atomic mass is 31.1. The standard InChI is InChI=1S/C22H13O4P/c23-14-10-8-13-9-11-19(24)21(18(13)12-14)17-6-3-5-16-15-4-1-2-7-20(15)26-27(25)22(16)17/h1-12H,(H-,23,24,25)/p+1. The van der Waals surface area contributed by atoms with Crippen molar-refractivity contribution < 1.29 is 19.0 Å². The SMILES string of the molecule is O=[p+]1oc2ccccc2c2cccc(-c3c(O)ccc4ccc(O)cc34)c21. The van der Waals surface area contributed by atoms with Crippen LogP contribution in [0.2, 0.25) is 0 Å². The Labute approximate surface area is 154 Å². The smallest absolute Gasteiger partial charge is 0.508 e. The van der Waals surface area contributed by atoms with Crippen LogP contribution in [0.25, 0.3) is 43.4 Å². The Balaban J connectivity index is 2.00. The number of hydrogen-bond acceptors (Lipinski definition) is 4. The van der Waals surface area contributed by atoms with Crippen molar-refractivity contribution in [3.05, 3.63) is 72.8 Å². The molecule has 0 aliphatic carbocycles. The second kappa shape index (κ2) is 5.83. The molecule has 5 heteroatoms. The van der Waals surface area contributed by atoms with Crippen molar-refractivity contribution in [2.45, 2.75) is 0 Å². The number of rotatable bonds is 1. The fraction of sp³-hybridized carbons (Fsp3) is 0. The Kier molecular flexibility index (Phi) is 3.43. The summed E-state index contributed by atoms with van der Waals surface area (Å²) < 4.78 is 18.6. The number of phenolic OH excluding ortho intramolecular Hbond substituents is 2. The molecule has 0 aliphatic rings. The fourth-order valence-electron chi connectivity index (χ4n) is 3.64. The molecule has 2 N–H and O–H groups in total. The van der Waals surface area contributed by atoms with Gasteiger partial charge in [0.2, 0.25) is 5.12 Å². The second-order valence-corrected chi connectivity index (χ2v) is 7.56. The van der Waals surface area contributed by atoms with Gasteiger partial charge in [-0.2, -0.15) is 0 Å². The molecule has 5 aromatic rings. The number of phenols is 2. The minimum absolute atomic E-state index is 0.0590. The van der Waals surface area contributed by atoms with Gasteiger partial charge in [0.05, 0.1) is 0 Å². The zero-order valence-electron chi connectivity index (χ0n) is 14.1. The quantitative estimate of drug-likeness (QED) is 0.326. The number of benzene rings is 4. The molecule has 0 bridgehead atoms. The van der Waals surface area contributed by atoms with Crippen LogP contribution in [0.3, 0.4) is 0 Å². The highest BCUT2D eigenvalue weighted by Gasteiger charge is 2.24. The van der Waals surface area contributed by atoms with Crippen molar-refractivity contribution >= 4 is 39.9 Å². The van der Waals surface area contributed by atoms with E-state index in [9.17, 15) is 14.8 Å². The van der Waals surface area contributed by atoms with Crippen molar-refractivity contribution in [2.24, 2.45) is 0 Å². The summed E-state index contributed by atoms with van der Waals surface area (Å²) in [6.45, 7) is 0. The predicted octanol–water partition coefficient (Wildman–Crippen LogP) is 6.56. The fourth-order valence-corrected chi connectivity index (χ4v) is 4.85. The molecule has 1 atom stereocenters. The van der Waals surface area contributed by atoms with Crippen LogP contribution >= 0.6 is 7.65 Å². The van der Waals surface area contributed by atoms with Gasteiger partial charge in [0.1, 0.15) is 11.5 Å². The minimum atomic E-state index is -2.14. The third-order valence-corrected chi connectivity index (χ3v) is 6.04. The van der Waals surface area contributed by atoms with E-state index in [0.717, 1.165) is 16.2 Å². The van der Waals surface area contributed by atoms with Crippen molar-refractivity contribution in [1.82, 2.24) is 0 Å². The first kappa shape index (κ1) is 15.9. The Hall–Kier alpha value is -3.36. The lowest BCUT2D eigenvalue weighted by molar-refractivity contribution is 0.475. The predicted molar refractivity (Wildman–Crippen MR) is 108 cm³/mol. The average molecular weight is 373 g/mol. The number of aromatic hydroxyl groups is 2. The molecule has 4 aromatic carbocycles. The van der Waals surface area contributed by atoms with E-state index in [1.165, 1.54) is 0 Å². The van der Waals surface area contributed by atoms with Gasteiger partial charge >= 0.3 is 7.65 Å². The van der Waals surface area contributed by atoms with Crippen LogP contribution in [0, 0.1) is 0 Å². The van der Waals surface area contributed by atoms with E-state index in [1.807, 2.05) is 36.4 Å². The Morgan fingerprint density at radius 3 is 2.44 bits per heavy atom. The summed E-state index contributed by atoms with van der Waals surface area (Å²) in [5.41, 5.74) is 1.76. The maximum absolute atomic E-state index is 13.0. The number of fused-ring (bicyclic) bond motifs is 4. The molecular weight excluding hydrogens is 359 g/mol. The molecule has 0 aliphatic heterocycles. The molecule has 1 heterocycles. The van der Waals surface area contributed by atoms with Crippen molar-refractivity contribution in [3.8, 4) is 22.6 Å². The lowest BCUT2D eigenvalue weighted by Crippen LogP contribution is -1.85. The molecule has 0 spiro atoms. The molecule has 27 heavy (non-hydrogen) atoms. The van der Waals surface area contributed by atoms with Gasteiger partial charge in [-0.15, -0.1) is 0 Å². The molecule has 130 valence electrons. The summed E-state index contributed by atoms with van der Waals surface area (Å²) in [6.07, 6.45) is 0. The van der Waals surface area contributed by atoms with Gasteiger partial charge < -0.3 is 10.2 Å². The first-order valence-electron chi connectivity index (χ1n) is 8.46. The molecule has 0 fully saturated rings. The van der Waals surface area contributed by atoms with Crippen molar-refractivity contribution in [3.63, 3.8) is 0 Å². The highest BCUT2D eigenvalue weighted by molar-refractivity contribution is 7.37. The second-order valence-electron chi connectivity index (χ2n) is 6.41. The van der Waals surface area contributed by atoms with Gasteiger partial charge in [-0.25, -0.2) is 4.20 Å². The zero-order chi connectivity index (χ0) is 18.5. The van der Waals surface area contributed by atoms with E-state index in [0.29, 0.717) is 27.2 Å². The molecular formula is C22H14O4P+. The Bertz CT molecular complexity index is 1410. The van der Waals surface area contributed by atoms with E-state index < -0.39 is 7.65 Å². The minimum Gasteiger partial charge on any atom is -0.508 e. The van der Waals surface area contributed by atoms with Gasteiger partial charge in [0.25, 0.3) is 0 Å². The highest BCUT2D eigenvalue weighted by Crippen LogP contribution is 2.46. The zero-order valence-corrected chi connectivity index (χ0v) is 15.0. The topological polar surface area (TPSA) is 70.7 Å². The van der Waals surface area contributed by atoms with E-state index in [-0.39, 0.29) is 11.5 Å². The molecule has 1 unspecified atom stereocenters. The monoisotopic (exact) mass is 373 g/mol. The summed E-state index contributed by atoms with van der Waals surface area (Å²) in [6, 6.07) is 21.5. The molecule has 4 nitrogen and oxygen atoms in total. The lowest BCUT2D eigenvalue weighted by atomic mass is 9.95. The van der Waals surface area contributed by atoms with Crippen LogP contribution in [-0.2, 0) is 4.57 Å². The van der Waals surface area contributed by atoms with E-state index in [1.54, 1.807) is 36.4 Å². The molecule has 0 saturated carbocycles. The van der Waals surface area contributed by atoms with Crippen LogP contribution in [0.5, 0.6) is 11.5 Å². The molecule has 0 radical (unpaired) electrons. The maximum atomic E-state index is 13.0. The van der Waals surface area contributed by atoms with Gasteiger partial charge in [-0.05, 0) is 51.7 Å². The van der Waals surface area contributed by atoms with E-state index in [2.05, 4.69) is 0 Å². The average Bonchev–Trinajstić information content (AvgIpc) is 2.67. The van der Waals surface area contributed by atoms with Crippen LogP contribution in [0.1, 0.15) is 0 Å². The van der Waals surface area contributed by atoms with Crippen LogP contribution < -0.4 is 0 Å². The molecule has 0 amide bonds. The third-order valence-electron chi connectivity index (χ3n) is 4.83. The number of para-hydroxylation sites is 1. The first-order valence-corrected chi connectivity index (χ1v) is 9.64.